The first-order valence-corrected chi connectivity index (χ1v) is 8.33. The zero-order valence-corrected chi connectivity index (χ0v) is 14.2. The first-order valence-electron chi connectivity index (χ1n) is 8.33. The van der Waals surface area contributed by atoms with Crippen LogP contribution < -0.4 is 5.43 Å². The number of hydrogen-bond donors (Lipinski definition) is 2. The van der Waals surface area contributed by atoms with Crippen LogP contribution in [0.25, 0.3) is 22.0 Å². The molecule has 0 aliphatic rings. The van der Waals surface area contributed by atoms with Gasteiger partial charge >= 0.3 is 0 Å². The first kappa shape index (κ1) is 16.7. The van der Waals surface area contributed by atoms with Crippen LogP contribution in [0.5, 0.6) is 0 Å². The molecule has 0 spiro atoms. The number of rotatable bonds is 4. The van der Waals surface area contributed by atoms with Gasteiger partial charge in [0.05, 0.1) is 11.9 Å². The molecule has 0 saturated heterocycles. The van der Waals surface area contributed by atoms with Gasteiger partial charge in [-0.05, 0) is 41.1 Å². The van der Waals surface area contributed by atoms with Crippen LogP contribution in [0.1, 0.15) is 16.1 Å². The highest BCUT2D eigenvalue weighted by molar-refractivity contribution is 6.00. The Morgan fingerprint density at radius 3 is 2.67 bits per heavy atom. The molecule has 3 aromatic carbocycles. The molecule has 0 saturated carbocycles. The van der Waals surface area contributed by atoms with Crippen molar-refractivity contribution in [2.75, 3.05) is 0 Å². The predicted molar refractivity (Wildman–Crippen MR) is 103 cm³/mol. The van der Waals surface area contributed by atoms with E-state index in [0.717, 1.165) is 16.3 Å². The number of carbonyl (C=O) groups excluding carboxylic acids is 1. The number of carbonyl (C=O) groups is 1. The molecular formula is C21H15FN4O. The van der Waals surface area contributed by atoms with Crippen LogP contribution in [0.3, 0.4) is 0 Å². The number of aromatic amines is 1. The highest BCUT2D eigenvalue weighted by Gasteiger charge is 2.10. The Bertz CT molecular complexity index is 1130. The Kier molecular flexibility index (Phi) is 4.45. The molecule has 6 heteroatoms. The van der Waals surface area contributed by atoms with Crippen molar-refractivity contribution in [3.8, 4) is 11.3 Å². The average Bonchev–Trinajstić information content (AvgIpc) is 3.19. The monoisotopic (exact) mass is 358 g/mol. The highest BCUT2D eigenvalue weighted by Crippen LogP contribution is 2.18. The summed E-state index contributed by atoms with van der Waals surface area (Å²) in [6.07, 6.45) is 1.61. The fourth-order valence-corrected chi connectivity index (χ4v) is 2.79. The maximum Gasteiger partial charge on any atom is 0.289 e. The fourth-order valence-electron chi connectivity index (χ4n) is 2.79. The minimum absolute atomic E-state index is 0.268. The van der Waals surface area contributed by atoms with Gasteiger partial charge in [-0.3, -0.25) is 9.89 Å². The SMILES string of the molecule is O=C(N/N=C\c1cccc2ccccc12)c1cc(-c2ccc(F)cc2)n[nH]1. The van der Waals surface area contributed by atoms with Crippen molar-refractivity contribution in [2.24, 2.45) is 5.10 Å². The van der Waals surface area contributed by atoms with Gasteiger partial charge in [0.1, 0.15) is 11.5 Å². The first-order chi connectivity index (χ1) is 13.2. The largest absolute Gasteiger partial charge is 0.289 e. The number of nitrogens with zero attached hydrogens (tertiary/aromatic N) is 2. The van der Waals surface area contributed by atoms with Crippen LogP contribution in [-0.4, -0.2) is 22.3 Å². The number of halogens is 1. The summed E-state index contributed by atoms with van der Waals surface area (Å²) in [5.74, 6) is -0.734. The van der Waals surface area contributed by atoms with Crippen molar-refractivity contribution >= 4 is 22.9 Å². The third kappa shape index (κ3) is 3.59. The Hall–Kier alpha value is -3.80. The smallest absolute Gasteiger partial charge is 0.272 e. The zero-order valence-electron chi connectivity index (χ0n) is 14.2. The summed E-state index contributed by atoms with van der Waals surface area (Å²) in [7, 11) is 0. The molecule has 0 atom stereocenters. The van der Waals surface area contributed by atoms with Gasteiger partial charge in [-0.1, -0.05) is 42.5 Å². The van der Waals surface area contributed by atoms with Gasteiger partial charge in [0.25, 0.3) is 5.91 Å². The lowest BCUT2D eigenvalue weighted by Gasteiger charge is -2.01. The van der Waals surface area contributed by atoms with E-state index in [4.69, 9.17) is 0 Å². The number of aromatic nitrogens is 2. The number of fused-ring (bicyclic) bond motifs is 1. The van der Waals surface area contributed by atoms with E-state index in [1.807, 2.05) is 42.5 Å². The molecule has 0 fully saturated rings. The van der Waals surface area contributed by atoms with Crippen LogP contribution in [-0.2, 0) is 0 Å². The van der Waals surface area contributed by atoms with Crippen LogP contribution in [0.2, 0.25) is 0 Å². The Labute approximate surface area is 154 Å². The summed E-state index contributed by atoms with van der Waals surface area (Å²) in [6, 6.07) is 21.3. The zero-order chi connectivity index (χ0) is 18.6. The molecule has 0 aliphatic heterocycles. The summed E-state index contributed by atoms with van der Waals surface area (Å²) in [4.78, 5) is 12.2. The van der Waals surface area contributed by atoms with Crippen LogP contribution in [0.4, 0.5) is 4.39 Å². The molecular weight excluding hydrogens is 343 g/mol. The van der Waals surface area contributed by atoms with Crippen LogP contribution >= 0.6 is 0 Å². The van der Waals surface area contributed by atoms with E-state index in [2.05, 4.69) is 20.7 Å². The predicted octanol–water partition coefficient (Wildman–Crippen LogP) is 4.13. The molecule has 0 unspecified atom stereocenters. The Morgan fingerprint density at radius 1 is 1.04 bits per heavy atom. The second kappa shape index (κ2) is 7.21. The van der Waals surface area contributed by atoms with Crippen molar-refractivity contribution in [2.45, 2.75) is 0 Å². The van der Waals surface area contributed by atoms with Crippen molar-refractivity contribution in [3.63, 3.8) is 0 Å². The second-order valence-electron chi connectivity index (χ2n) is 5.94. The topological polar surface area (TPSA) is 70.1 Å². The summed E-state index contributed by atoms with van der Waals surface area (Å²) >= 11 is 0. The van der Waals surface area contributed by atoms with Crippen molar-refractivity contribution in [3.05, 3.63) is 89.9 Å². The highest BCUT2D eigenvalue weighted by atomic mass is 19.1. The van der Waals surface area contributed by atoms with E-state index < -0.39 is 5.91 Å². The number of amides is 1. The van der Waals surface area contributed by atoms with E-state index in [0.29, 0.717) is 11.3 Å². The normalized spacial score (nSPS) is 11.1. The van der Waals surface area contributed by atoms with Crippen molar-refractivity contribution in [1.82, 2.24) is 15.6 Å². The van der Waals surface area contributed by atoms with Gasteiger partial charge in [0.15, 0.2) is 0 Å². The molecule has 132 valence electrons. The third-order valence-corrected chi connectivity index (χ3v) is 4.16. The molecule has 0 aliphatic carbocycles. The molecule has 2 N–H and O–H groups in total. The lowest BCUT2D eigenvalue weighted by Crippen LogP contribution is -2.18. The maximum absolute atomic E-state index is 13.0. The van der Waals surface area contributed by atoms with Gasteiger partial charge in [-0.2, -0.15) is 10.2 Å². The summed E-state index contributed by atoms with van der Waals surface area (Å²) in [5.41, 5.74) is 4.93. The maximum atomic E-state index is 13.0. The molecule has 4 aromatic rings. The lowest BCUT2D eigenvalue weighted by molar-refractivity contribution is 0.0950. The second-order valence-corrected chi connectivity index (χ2v) is 5.94. The number of H-pyrrole nitrogens is 1. The molecule has 1 aromatic heterocycles. The van der Waals surface area contributed by atoms with Gasteiger partial charge in [0, 0.05) is 11.1 Å². The van der Waals surface area contributed by atoms with Gasteiger partial charge in [-0.25, -0.2) is 9.82 Å². The summed E-state index contributed by atoms with van der Waals surface area (Å²) in [5, 5.41) is 12.9. The number of hydrazone groups is 1. The molecule has 1 heterocycles. The summed E-state index contributed by atoms with van der Waals surface area (Å²) < 4.78 is 13.0. The van der Waals surface area contributed by atoms with Gasteiger partial charge in [0.2, 0.25) is 0 Å². The molecule has 27 heavy (non-hydrogen) atoms. The van der Waals surface area contributed by atoms with Crippen molar-refractivity contribution < 1.29 is 9.18 Å². The third-order valence-electron chi connectivity index (χ3n) is 4.16. The van der Waals surface area contributed by atoms with E-state index >= 15 is 0 Å². The average molecular weight is 358 g/mol. The van der Waals surface area contributed by atoms with Crippen LogP contribution in [0.15, 0.2) is 77.9 Å². The Balaban J connectivity index is 1.48. The quantitative estimate of drug-likeness (QED) is 0.425. The van der Waals surface area contributed by atoms with E-state index in [9.17, 15) is 9.18 Å². The fraction of sp³-hybridized carbons (Fsp3) is 0. The molecule has 1 amide bonds. The minimum atomic E-state index is -0.410. The number of benzene rings is 3. The van der Waals surface area contributed by atoms with Gasteiger partial charge in [-0.15, -0.1) is 0 Å². The van der Waals surface area contributed by atoms with Crippen molar-refractivity contribution in [1.29, 1.82) is 0 Å². The Morgan fingerprint density at radius 2 is 1.81 bits per heavy atom. The molecule has 0 radical (unpaired) electrons. The van der Waals surface area contributed by atoms with Crippen LogP contribution in [0, 0.1) is 5.82 Å². The number of nitrogens with one attached hydrogen (secondary N) is 2. The van der Waals surface area contributed by atoms with E-state index in [1.165, 1.54) is 12.1 Å². The standard InChI is InChI=1S/C21H15FN4O/c22-17-10-8-15(9-11-17)19-12-20(25-24-19)21(27)26-23-13-16-6-3-5-14-4-1-2-7-18(14)16/h1-13H,(H,24,25)(H,26,27)/b23-13-. The molecule has 5 nitrogen and oxygen atoms in total. The lowest BCUT2D eigenvalue weighted by atomic mass is 10.1. The number of hydrogen-bond acceptors (Lipinski definition) is 3. The van der Waals surface area contributed by atoms with E-state index in [1.54, 1.807) is 24.4 Å². The minimum Gasteiger partial charge on any atom is -0.272 e. The van der Waals surface area contributed by atoms with E-state index in [-0.39, 0.29) is 11.5 Å². The molecule has 4 rings (SSSR count). The summed E-state index contributed by atoms with van der Waals surface area (Å²) in [6.45, 7) is 0. The van der Waals surface area contributed by atoms with Gasteiger partial charge < -0.3 is 0 Å². The molecule has 0 bridgehead atoms.